The lowest BCUT2D eigenvalue weighted by Gasteiger charge is -2.18. The van der Waals surface area contributed by atoms with Crippen LogP contribution in [0.5, 0.6) is 11.5 Å². The van der Waals surface area contributed by atoms with Gasteiger partial charge in [-0.1, -0.05) is 24.3 Å². The Hall–Kier alpha value is -2.11. The molecule has 5 heteroatoms. The van der Waals surface area contributed by atoms with Gasteiger partial charge in [0.2, 0.25) is 0 Å². The normalized spacial score (nSPS) is 19.3. The first-order valence-corrected chi connectivity index (χ1v) is 12.7. The zero-order chi connectivity index (χ0) is 23.0. The van der Waals surface area contributed by atoms with Crippen LogP contribution in [0.25, 0.3) is 11.1 Å². The van der Waals surface area contributed by atoms with Gasteiger partial charge >= 0.3 is 0 Å². The Kier molecular flexibility index (Phi) is 8.63. The van der Waals surface area contributed by atoms with Gasteiger partial charge in [-0.25, -0.2) is 4.39 Å². The predicted molar refractivity (Wildman–Crippen MR) is 133 cm³/mol. The highest BCUT2D eigenvalue weighted by Gasteiger charge is 2.21. The number of rotatable bonds is 11. The van der Waals surface area contributed by atoms with Crippen LogP contribution in [0.4, 0.5) is 4.39 Å². The Balaban J connectivity index is 1.33. The highest BCUT2D eigenvalue weighted by atomic mass is 19.1. The van der Waals surface area contributed by atoms with Crippen molar-refractivity contribution in [3.63, 3.8) is 0 Å². The average molecular weight is 455 g/mol. The fourth-order valence-corrected chi connectivity index (χ4v) is 5.06. The van der Waals surface area contributed by atoms with Gasteiger partial charge < -0.3 is 19.3 Å². The van der Waals surface area contributed by atoms with E-state index in [1.54, 1.807) is 0 Å². The van der Waals surface area contributed by atoms with Gasteiger partial charge in [-0.2, -0.15) is 0 Å². The first-order valence-electron chi connectivity index (χ1n) is 12.7. The van der Waals surface area contributed by atoms with Crippen LogP contribution in [0.15, 0.2) is 36.4 Å². The molecule has 0 aromatic heterocycles. The Morgan fingerprint density at radius 1 is 0.788 bits per heavy atom. The summed E-state index contributed by atoms with van der Waals surface area (Å²) in [6, 6.07) is 12.6. The maximum absolute atomic E-state index is 13.3. The van der Waals surface area contributed by atoms with Crippen molar-refractivity contribution < 1.29 is 13.9 Å². The summed E-state index contributed by atoms with van der Waals surface area (Å²) in [7, 11) is 0. The van der Waals surface area contributed by atoms with E-state index in [1.807, 2.05) is 6.07 Å². The fraction of sp³-hybridized carbons (Fsp3) is 0.571. The number of hydrogen-bond donors (Lipinski definition) is 0. The molecule has 33 heavy (non-hydrogen) atoms. The highest BCUT2D eigenvalue weighted by molar-refractivity contribution is 5.74. The summed E-state index contributed by atoms with van der Waals surface area (Å²) in [6.07, 6.45) is 4.66. The molecule has 0 saturated carbocycles. The van der Waals surface area contributed by atoms with E-state index in [-0.39, 0.29) is 0 Å². The van der Waals surface area contributed by atoms with E-state index >= 15 is 0 Å². The van der Waals surface area contributed by atoms with Crippen LogP contribution in [0.1, 0.15) is 43.2 Å². The molecule has 2 fully saturated rings. The quantitative estimate of drug-likeness (QED) is 0.410. The van der Waals surface area contributed by atoms with Crippen molar-refractivity contribution in [2.75, 3.05) is 52.5 Å². The first-order chi connectivity index (χ1) is 16.1. The maximum atomic E-state index is 13.3. The molecule has 2 aliphatic rings. The summed E-state index contributed by atoms with van der Waals surface area (Å²) in [6.45, 7) is 11.6. The Morgan fingerprint density at radius 3 is 1.85 bits per heavy atom. The fourth-order valence-electron chi connectivity index (χ4n) is 5.06. The van der Waals surface area contributed by atoms with Crippen molar-refractivity contribution in [3.8, 4) is 22.6 Å². The van der Waals surface area contributed by atoms with E-state index < -0.39 is 6.17 Å². The second-order valence-electron chi connectivity index (χ2n) is 9.50. The van der Waals surface area contributed by atoms with E-state index in [1.165, 1.54) is 42.6 Å². The van der Waals surface area contributed by atoms with Crippen molar-refractivity contribution in [2.24, 2.45) is 0 Å². The van der Waals surface area contributed by atoms with Gasteiger partial charge in [-0.15, -0.1) is 0 Å². The molecule has 4 rings (SSSR count). The van der Waals surface area contributed by atoms with Gasteiger partial charge in [0.25, 0.3) is 0 Å². The van der Waals surface area contributed by atoms with E-state index in [0.717, 1.165) is 56.1 Å². The van der Waals surface area contributed by atoms with Crippen LogP contribution < -0.4 is 9.47 Å². The Labute approximate surface area is 198 Å². The third-order valence-electron chi connectivity index (χ3n) is 7.02. The SMILES string of the molecule is Cc1c(OCCCN2CCCC2)cccc1-c1cccc(OCCCN2CCC(F)C2)c1C. The molecule has 0 aliphatic carbocycles. The third kappa shape index (κ3) is 6.48. The molecule has 0 amide bonds. The molecule has 2 saturated heterocycles. The number of benzene rings is 2. The van der Waals surface area contributed by atoms with Crippen LogP contribution in [-0.2, 0) is 0 Å². The van der Waals surface area contributed by atoms with E-state index in [9.17, 15) is 4.39 Å². The number of likely N-dealkylation sites (tertiary alicyclic amines) is 2. The molecule has 2 aliphatic heterocycles. The van der Waals surface area contributed by atoms with Gasteiger partial charge in [0.15, 0.2) is 0 Å². The topological polar surface area (TPSA) is 24.9 Å². The minimum Gasteiger partial charge on any atom is -0.493 e. The molecule has 0 bridgehead atoms. The summed E-state index contributed by atoms with van der Waals surface area (Å²) in [5, 5.41) is 0. The zero-order valence-electron chi connectivity index (χ0n) is 20.3. The molecule has 180 valence electrons. The molecule has 2 aromatic carbocycles. The summed E-state index contributed by atoms with van der Waals surface area (Å²) in [4.78, 5) is 4.72. The Morgan fingerprint density at radius 2 is 1.33 bits per heavy atom. The van der Waals surface area contributed by atoms with Crippen molar-refractivity contribution in [2.45, 2.75) is 52.1 Å². The Bertz CT molecular complexity index is 897. The minimum absolute atomic E-state index is 0.574. The van der Waals surface area contributed by atoms with Crippen molar-refractivity contribution in [3.05, 3.63) is 47.5 Å². The lowest BCUT2D eigenvalue weighted by Crippen LogP contribution is -2.23. The number of hydrogen-bond acceptors (Lipinski definition) is 4. The van der Waals surface area contributed by atoms with Crippen molar-refractivity contribution >= 4 is 0 Å². The molecule has 2 aromatic rings. The van der Waals surface area contributed by atoms with Crippen LogP contribution >= 0.6 is 0 Å². The molecule has 0 radical (unpaired) electrons. The largest absolute Gasteiger partial charge is 0.493 e. The van der Waals surface area contributed by atoms with Crippen molar-refractivity contribution in [1.82, 2.24) is 9.80 Å². The van der Waals surface area contributed by atoms with Crippen molar-refractivity contribution in [1.29, 1.82) is 0 Å². The molecule has 0 N–H and O–H groups in total. The van der Waals surface area contributed by atoms with Gasteiger partial charge in [-0.3, -0.25) is 0 Å². The van der Waals surface area contributed by atoms with E-state index in [2.05, 4.69) is 54.0 Å². The monoisotopic (exact) mass is 454 g/mol. The minimum atomic E-state index is -0.655. The molecule has 0 spiro atoms. The molecule has 4 nitrogen and oxygen atoms in total. The number of ether oxygens (including phenoxy) is 2. The highest BCUT2D eigenvalue weighted by Crippen LogP contribution is 2.35. The molecular formula is C28H39FN2O2. The molecular weight excluding hydrogens is 415 g/mol. The lowest BCUT2D eigenvalue weighted by molar-refractivity contribution is 0.248. The summed E-state index contributed by atoms with van der Waals surface area (Å²) in [5.41, 5.74) is 4.71. The second kappa shape index (κ2) is 11.8. The molecule has 1 atom stereocenters. The molecule has 1 unspecified atom stereocenters. The maximum Gasteiger partial charge on any atom is 0.122 e. The van der Waals surface area contributed by atoms with Crippen LogP contribution in [0.3, 0.4) is 0 Å². The number of alkyl halides is 1. The number of nitrogens with zero attached hydrogens (tertiary/aromatic N) is 2. The van der Waals surface area contributed by atoms with Gasteiger partial charge in [-0.05, 0) is 93.4 Å². The smallest absolute Gasteiger partial charge is 0.122 e. The van der Waals surface area contributed by atoms with E-state index in [4.69, 9.17) is 9.47 Å². The first kappa shape index (κ1) is 24.0. The number of halogens is 1. The third-order valence-corrected chi connectivity index (χ3v) is 7.02. The van der Waals surface area contributed by atoms with E-state index in [0.29, 0.717) is 19.6 Å². The van der Waals surface area contributed by atoms with Crippen LogP contribution in [0.2, 0.25) is 0 Å². The predicted octanol–water partition coefficient (Wildman–Crippen LogP) is 5.65. The van der Waals surface area contributed by atoms with Gasteiger partial charge in [0.1, 0.15) is 17.7 Å². The second-order valence-corrected chi connectivity index (χ2v) is 9.50. The lowest BCUT2D eigenvalue weighted by atomic mass is 9.95. The van der Waals surface area contributed by atoms with Crippen LogP contribution in [0, 0.1) is 13.8 Å². The summed E-state index contributed by atoms with van der Waals surface area (Å²) < 4.78 is 25.6. The molecule has 2 heterocycles. The zero-order valence-corrected chi connectivity index (χ0v) is 20.3. The summed E-state index contributed by atoms with van der Waals surface area (Å²) in [5.74, 6) is 1.89. The van der Waals surface area contributed by atoms with Gasteiger partial charge in [0.05, 0.1) is 13.2 Å². The standard InChI is InChI=1S/C28H39FN2O2/c1-22-25(9-5-11-27(22)32-19-7-16-30-14-3-4-15-30)26-10-6-12-28(23(26)2)33-20-8-17-31-18-13-24(29)21-31/h5-6,9-12,24H,3-4,7-8,13-21H2,1-2H3. The van der Waals surface area contributed by atoms with Gasteiger partial charge in [0, 0.05) is 26.2 Å². The van der Waals surface area contributed by atoms with Crippen LogP contribution in [-0.4, -0.2) is 68.5 Å². The summed E-state index contributed by atoms with van der Waals surface area (Å²) >= 11 is 0. The average Bonchev–Trinajstić information content (AvgIpc) is 3.48.